The minimum absolute atomic E-state index is 0.0706. The SMILES string of the molecule is CC(C)C[C@H](NC(=O)[C@@H](NC(=O)OCc1ccccc1)C(C)C)C(=O)NC(=O)N1CCOCC1. The molecule has 1 aliphatic heterocycles. The second-order valence-corrected chi connectivity index (χ2v) is 9.01. The molecule has 0 aliphatic carbocycles. The molecule has 0 saturated carbocycles. The second kappa shape index (κ2) is 13.5. The Bertz CT molecular complexity index is 824. The molecule has 1 aliphatic rings. The average molecular weight is 477 g/mol. The normalized spacial score (nSPS) is 15.4. The predicted molar refractivity (Wildman–Crippen MR) is 126 cm³/mol. The number of urea groups is 1. The Morgan fingerprint density at radius 2 is 1.62 bits per heavy atom. The van der Waals surface area contributed by atoms with Gasteiger partial charge in [-0.15, -0.1) is 0 Å². The van der Waals surface area contributed by atoms with Crippen LogP contribution in [0.4, 0.5) is 9.59 Å². The molecule has 5 amide bonds. The first-order chi connectivity index (χ1) is 16.2. The molecule has 10 nitrogen and oxygen atoms in total. The molecule has 0 unspecified atom stereocenters. The molecule has 2 atom stereocenters. The topological polar surface area (TPSA) is 126 Å². The average Bonchev–Trinajstić information content (AvgIpc) is 2.81. The maximum atomic E-state index is 13.0. The van der Waals surface area contributed by atoms with Crippen molar-refractivity contribution in [1.82, 2.24) is 20.9 Å². The summed E-state index contributed by atoms with van der Waals surface area (Å²) in [6.45, 7) is 9.07. The molecule has 0 radical (unpaired) electrons. The Morgan fingerprint density at radius 3 is 2.21 bits per heavy atom. The smallest absolute Gasteiger partial charge is 0.408 e. The molecule has 1 aromatic carbocycles. The number of ether oxygens (including phenoxy) is 2. The zero-order chi connectivity index (χ0) is 25.1. The first-order valence-electron chi connectivity index (χ1n) is 11.6. The number of hydrogen-bond acceptors (Lipinski definition) is 6. The predicted octanol–water partition coefficient (Wildman–Crippen LogP) is 2.04. The van der Waals surface area contributed by atoms with Crippen molar-refractivity contribution in [2.24, 2.45) is 11.8 Å². The number of morpholine rings is 1. The molecule has 188 valence electrons. The molecular formula is C24H36N4O6. The summed E-state index contributed by atoms with van der Waals surface area (Å²) in [4.78, 5) is 52.0. The molecular weight excluding hydrogens is 440 g/mol. The molecule has 2 rings (SSSR count). The third kappa shape index (κ3) is 9.01. The molecule has 0 aromatic heterocycles. The number of carbonyl (C=O) groups excluding carboxylic acids is 4. The molecule has 1 fully saturated rings. The standard InChI is InChI=1S/C24H36N4O6/c1-16(2)14-19(21(29)27-23(31)28-10-12-33-13-11-28)25-22(30)20(17(3)4)26-24(32)34-15-18-8-6-5-7-9-18/h5-9,16-17,19-20H,10-15H2,1-4H3,(H,25,30)(H,26,32)(H,27,29,31)/t19-,20-/m0/s1. The van der Waals surface area contributed by atoms with Gasteiger partial charge in [0.05, 0.1) is 13.2 Å². The Hall–Kier alpha value is -3.14. The van der Waals surface area contributed by atoms with Crippen molar-refractivity contribution in [3.05, 3.63) is 35.9 Å². The third-order valence-electron chi connectivity index (χ3n) is 5.30. The van der Waals surface area contributed by atoms with Crippen LogP contribution in [0.15, 0.2) is 30.3 Å². The minimum atomic E-state index is -0.930. The summed E-state index contributed by atoms with van der Waals surface area (Å²) in [5.41, 5.74) is 0.821. The molecule has 1 heterocycles. The zero-order valence-electron chi connectivity index (χ0n) is 20.3. The number of alkyl carbamates (subject to hydrolysis) is 1. The Kier molecular flexibility index (Phi) is 10.8. The highest BCUT2D eigenvalue weighted by molar-refractivity contribution is 5.99. The molecule has 10 heteroatoms. The summed E-state index contributed by atoms with van der Waals surface area (Å²) in [6.07, 6.45) is -0.401. The molecule has 0 bridgehead atoms. The lowest BCUT2D eigenvalue weighted by Crippen LogP contribution is -2.57. The van der Waals surface area contributed by atoms with Crippen molar-refractivity contribution >= 4 is 23.9 Å². The van der Waals surface area contributed by atoms with E-state index >= 15 is 0 Å². The fourth-order valence-electron chi connectivity index (χ4n) is 3.43. The van der Waals surface area contributed by atoms with E-state index in [-0.39, 0.29) is 18.4 Å². The largest absolute Gasteiger partial charge is 0.445 e. The van der Waals surface area contributed by atoms with Crippen molar-refractivity contribution in [1.29, 1.82) is 0 Å². The number of benzene rings is 1. The van der Waals surface area contributed by atoms with E-state index in [0.717, 1.165) is 5.56 Å². The van der Waals surface area contributed by atoms with Gasteiger partial charge in [0.1, 0.15) is 18.7 Å². The highest BCUT2D eigenvalue weighted by Crippen LogP contribution is 2.09. The van der Waals surface area contributed by atoms with Gasteiger partial charge in [-0.05, 0) is 23.8 Å². The van der Waals surface area contributed by atoms with Gasteiger partial charge in [0.2, 0.25) is 5.91 Å². The van der Waals surface area contributed by atoms with Gasteiger partial charge in [0.25, 0.3) is 5.91 Å². The van der Waals surface area contributed by atoms with Gasteiger partial charge >= 0.3 is 12.1 Å². The number of nitrogens with one attached hydrogen (secondary N) is 3. The van der Waals surface area contributed by atoms with E-state index in [1.54, 1.807) is 13.8 Å². The number of hydrogen-bond donors (Lipinski definition) is 3. The fraction of sp³-hybridized carbons (Fsp3) is 0.583. The van der Waals surface area contributed by atoms with Crippen LogP contribution in [-0.4, -0.2) is 67.2 Å². The van der Waals surface area contributed by atoms with Crippen LogP contribution in [0, 0.1) is 11.8 Å². The van der Waals surface area contributed by atoms with E-state index in [9.17, 15) is 19.2 Å². The van der Waals surface area contributed by atoms with Gasteiger partial charge in [-0.3, -0.25) is 14.9 Å². The van der Waals surface area contributed by atoms with Gasteiger partial charge in [0.15, 0.2) is 0 Å². The Morgan fingerprint density at radius 1 is 0.971 bits per heavy atom. The number of amides is 5. The van der Waals surface area contributed by atoms with Crippen molar-refractivity contribution in [2.75, 3.05) is 26.3 Å². The van der Waals surface area contributed by atoms with Crippen LogP contribution in [0.5, 0.6) is 0 Å². The van der Waals surface area contributed by atoms with Crippen molar-refractivity contribution < 1.29 is 28.7 Å². The van der Waals surface area contributed by atoms with Crippen LogP contribution >= 0.6 is 0 Å². The number of nitrogens with zero attached hydrogens (tertiary/aromatic N) is 1. The Labute approximate surface area is 200 Å². The lowest BCUT2D eigenvalue weighted by Gasteiger charge is -2.28. The van der Waals surface area contributed by atoms with Crippen LogP contribution in [0.25, 0.3) is 0 Å². The molecule has 1 saturated heterocycles. The lowest BCUT2D eigenvalue weighted by atomic mass is 10.00. The molecule has 0 spiro atoms. The molecule has 3 N–H and O–H groups in total. The van der Waals surface area contributed by atoms with Crippen molar-refractivity contribution in [3.8, 4) is 0 Å². The van der Waals surface area contributed by atoms with E-state index in [2.05, 4.69) is 16.0 Å². The third-order valence-corrected chi connectivity index (χ3v) is 5.30. The van der Waals surface area contributed by atoms with E-state index in [1.165, 1.54) is 4.90 Å². The van der Waals surface area contributed by atoms with E-state index in [0.29, 0.717) is 32.7 Å². The lowest BCUT2D eigenvalue weighted by molar-refractivity contribution is -0.130. The summed E-state index contributed by atoms with van der Waals surface area (Å²) in [6, 6.07) is 6.83. The monoisotopic (exact) mass is 476 g/mol. The van der Waals surface area contributed by atoms with Crippen LogP contribution in [-0.2, 0) is 25.7 Å². The summed E-state index contributed by atoms with van der Waals surface area (Å²) < 4.78 is 10.4. The summed E-state index contributed by atoms with van der Waals surface area (Å²) in [7, 11) is 0. The number of carbonyl (C=O) groups is 4. The van der Waals surface area contributed by atoms with E-state index < -0.39 is 36.0 Å². The Balaban J connectivity index is 1.97. The van der Waals surface area contributed by atoms with Crippen LogP contribution in [0.2, 0.25) is 0 Å². The van der Waals surface area contributed by atoms with Gasteiger partial charge < -0.3 is 25.0 Å². The van der Waals surface area contributed by atoms with Gasteiger partial charge in [-0.1, -0.05) is 58.0 Å². The number of imide groups is 1. The fourth-order valence-corrected chi connectivity index (χ4v) is 3.43. The highest BCUT2D eigenvalue weighted by Gasteiger charge is 2.31. The van der Waals surface area contributed by atoms with Gasteiger partial charge in [-0.2, -0.15) is 0 Å². The zero-order valence-corrected chi connectivity index (χ0v) is 20.3. The maximum absolute atomic E-state index is 13.0. The van der Waals surface area contributed by atoms with Gasteiger partial charge in [-0.25, -0.2) is 9.59 Å². The maximum Gasteiger partial charge on any atom is 0.408 e. The van der Waals surface area contributed by atoms with Crippen LogP contribution in [0.1, 0.15) is 39.7 Å². The van der Waals surface area contributed by atoms with Crippen LogP contribution in [0.3, 0.4) is 0 Å². The first-order valence-corrected chi connectivity index (χ1v) is 11.6. The summed E-state index contributed by atoms with van der Waals surface area (Å²) in [5, 5.41) is 7.66. The number of rotatable bonds is 9. The summed E-state index contributed by atoms with van der Waals surface area (Å²) >= 11 is 0. The highest BCUT2D eigenvalue weighted by atomic mass is 16.5. The molecule has 1 aromatic rings. The van der Waals surface area contributed by atoms with Crippen molar-refractivity contribution in [2.45, 2.75) is 52.8 Å². The van der Waals surface area contributed by atoms with Crippen LogP contribution < -0.4 is 16.0 Å². The van der Waals surface area contributed by atoms with Crippen molar-refractivity contribution in [3.63, 3.8) is 0 Å². The minimum Gasteiger partial charge on any atom is -0.445 e. The quantitative estimate of drug-likeness (QED) is 0.501. The second-order valence-electron chi connectivity index (χ2n) is 9.01. The van der Waals surface area contributed by atoms with E-state index in [4.69, 9.17) is 9.47 Å². The summed E-state index contributed by atoms with van der Waals surface area (Å²) in [5.74, 6) is -1.29. The van der Waals surface area contributed by atoms with E-state index in [1.807, 2.05) is 44.2 Å². The first kappa shape index (κ1) is 27.1. The van der Waals surface area contributed by atoms with Gasteiger partial charge in [0, 0.05) is 13.1 Å². The molecule has 34 heavy (non-hydrogen) atoms.